The molecule has 1 amide bonds. The van der Waals surface area contributed by atoms with E-state index >= 15 is 0 Å². The molecule has 0 saturated heterocycles. The number of hydrogen-bond acceptors (Lipinski definition) is 1. The molecule has 0 fully saturated rings. The summed E-state index contributed by atoms with van der Waals surface area (Å²) in [5.41, 5.74) is 0.983. The standard InChI is InChI=1S/C13H18NO.3C4H9.Al.Li/c1-10(2)14(11(3)4)13(15)12-8-6-5-7-9-12;3*1-4(2)3;;/h5-8,10-11H,1-4H3;3*4H,1H2,2-3H3;;/q;;;;-1;+1. The molecule has 160 valence electrons. The average Bonchev–Trinajstić information content (AvgIpc) is 2.51. The van der Waals surface area contributed by atoms with E-state index in [1.54, 1.807) is 0 Å². The van der Waals surface area contributed by atoms with Gasteiger partial charge in [-0.3, -0.25) is 4.79 Å². The SMILES string of the molecule is CC(C)[CH2][Al-]([CH2]C(C)C)([CH2]C(C)C)[c]1ccccc1C(=O)N(C(C)C)C(C)C.[Li+]. The van der Waals surface area contributed by atoms with Crippen molar-refractivity contribution in [3.05, 3.63) is 29.8 Å². The van der Waals surface area contributed by atoms with Crippen molar-refractivity contribution in [2.45, 2.75) is 97.2 Å². The van der Waals surface area contributed by atoms with Crippen LogP contribution in [-0.4, -0.2) is 36.0 Å². The normalized spacial score (nSPS) is 12.2. The first-order chi connectivity index (χ1) is 12.9. The molecule has 0 aliphatic rings. The first kappa shape index (κ1) is 28.8. The van der Waals surface area contributed by atoms with Gasteiger partial charge in [0.2, 0.25) is 5.91 Å². The van der Waals surface area contributed by atoms with E-state index in [0.29, 0.717) is 17.8 Å². The first-order valence-corrected chi connectivity index (χ1v) is 14.6. The number of nitrogens with zero attached hydrogens (tertiary/aromatic N) is 1. The third-order valence-electron chi connectivity index (χ3n) is 5.97. The molecule has 0 aliphatic heterocycles. The molecule has 1 rings (SSSR count). The molecule has 0 saturated carbocycles. The van der Waals surface area contributed by atoms with E-state index < -0.39 is 13.1 Å². The van der Waals surface area contributed by atoms with Crippen LogP contribution in [0.1, 0.15) is 79.6 Å². The molecule has 0 N–H and O–H groups in total. The maximum Gasteiger partial charge on any atom is 1.00 e. The fourth-order valence-electron chi connectivity index (χ4n) is 5.81. The fourth-order valence-corrected chi connectivity index (χ4v) is 14.0. The number of amides is 1. The second-order valence-corrected chi connectivity index (χ2v) is 15.8. The van der Waals surface area contributed by atoms with E-state index in [4.69, 9.17) is 0 Å². The zero-order valence-corrected chi connectivity index (χ0v) is 22.4. The van der Waals surface area contributed by atoms with Crippen molar-refractivity contribution in [2.24, 2.45) is 17.8 Å². The van der Waals surface area contributed by atoms with E-state index in [-0.39, 0.29) is 36.9 Å². The Hall–Kier alpha value is -0.180. The van der Waals surface area contributed by atoms with E-state index in [0.717, 1.165) is 5.56 Å². The van der Waals surface area contributed by atoms with E-state index in [1.807, 2.05) is 0 Å². The molecule has 0 bridgehead atoms. The summed E-state index contributed by atoms with van der Waals surface area (Å²) in [6.07, 6.45) is 0. The van der Waals surface area contributed by atoms with Crippen LogP contribution in [0.4, 0.5) is 0 Å². The molecule has 0 radical (unpaired) electrons. The van der Waals surface area contributed by atoms with Gasteiger partial charge in [0.05, 0.1) is 0 Å². The molecular weight excluding hydrogens is 364 g/mol. The van der Waals surface area contributed by atoms with Crippen molar-refractivity contribution in [3.63, 3.8) is 0 Å². The van der Waals surface area contributed by atoms with Crippen LogP contribution in [0.15, 0.2) is 24.3 Å². The Morgan fingerprint density at radius 1 is 0.759 bits per heavy atom. The topological polar surface area (TPSA) is 20.3 Å². The number of carbonyl (C=O) groups is 1. The summed E-state index contributed by atoms with van der Waals surface area (Å²) in [6.45, 7) is 22.6. The van der Waals surface area contributed by atoms with Crippen LogP contribution in [0, 0.1) is 17.8 Å². The van der Waals surface area contributed by atoms with Crippen molar-refractivity contribution in [1.29, 1.82) is 0 Å². The van der Waals surface area contributed by atoms with Crippen LogP contribution < -0.4 is 23.3 Å². The van der Waals surface area contributed by atoms with Crippen LogP contribution in [-0.2, 0) is 0 Å². The molecule has 0 heterocycles. The molecular formula is C25H45AlLiNO. The summed E-state index contributed by atoms with van der Waals surface area (Å²) >= 11 is -2.21. The molecule has 1 aromatic rings. The Balaban J connectivity index is 0.00000784. The maximum atomic E-state index is 13.7. The molecule has 1 aromatic carbocycles. The largest absolute Gasteiger partial charge is 1.00 e. The summed E-state index contributed by atoms with van der Waals surface area (Å²) in [6, 6.07) is 9.05. The van der Waals surface area contributed by atoms with Crippen LogP contribution in [0.5, 0.6) is 0 Å². The molecule has 4 heteroatoms. The van der Waals surface area contributed by atoms with Gasteiger partial charge in [0.1, 0.15) is 0 Å². The van der Waals surface area contributed by atoms with E-state index in [1.165, 1.54) is 20.3 Å². The van der Waals surface area contributed by atoms with Crippen LogP contribution >= 0.6 is 0 Å². The van der Waals surface area contributed by atoms with Gasteiger partial charge in [0, 0.05) is 12.1 Å². The third kappa shape index (κ3) is 8.11. The number of hydrogen-bond donors (Lipinski definition) is 0. The van der Waals surface area contributed by atoms with Gasteiger partial charge in [0.15, 0.2) is 13.1 Å². The van der Waals surface area contributed by atoms with Crippen molar-refractivity contribution in [2.75, 3.05) is 0 Å². The van der Waals surface area contributed by atoms with E-state index in [2.05, 4.69) is 98.4 Å². The van der Waals surface area contributed by atoms with Gasteiger partial charge in [-0.25, -0.2) is 4.43 Å². The zero-order valence-electron chi connectivity index (χ0n) is 21.3. The molecule has 0 aromatic heterocycles. The Bertz CT molecular complexity index is 590. The van der Waals surface area contributed by atoms with Crippen molar-refractivity contribution >= 4 is 23.4 Å². The second kappa shape index (κ2) is 12.6. The molecule has 0 unspecified atom stereocenters. The Morgan fingerprint density at radius 3 is 1.48 bits per heavy atom. The van der Waals surface area contributed by atoms with Crippen LogP contribution in [0.25, 0.3) is 0 Å². The Morgan fingerprint density at radius 2 is 1.14 bits per heavy atom. The quantitative estimate of drug-likeness (QED) is 0.541. The molecule has 2 nitrogen and oxygen atoms in total. The van der Waals surface area contributed by atoms with Crippen molar-refractivity contribution < 1.29 is 23.7 Å². The minimum Gasteiger partial charge on any atom is -0.334 e. The molecule has 0 spiro atoms. The summed E-state index contributed by atoms with van der Waals surface area (Å²) in [5.74, 6) is 2.21. The Kier molecular flexibility index (Phi) is 12.5. The van der Waals surface area contributed by atoms with Crippen molar-refractivity contribution in [3.8, 4) is 0 Å². The number of rotatable bonds is 10. The van der Waals surface area contributed by atoms with Gasteiger partial charge in [-0.15, -0.1) is 6.07 Å². The monoisotopic (exact) mass is 409 g/mol. The number of benzene rings is 1. The number of carbonyl (C=O) groups excluding carboxylic acids is 1. The van der Waals surface area contributed by atoms with Crippen molar-refractivity contribution in [1.82, 2.24) is 4.90 Å². The molecule has 0 atom stereocenters. The van der Waals surface area contributed by atoms with Gasteiger partial charge in [-0.2, -0.15) is 15.8 Å². The van der Waals surface area contributed by atoms with Gasteiger partial charge in [-0.05, 0) is 33.3 Å². The summed E-state index contributed by atoms with van der Waals surface area (Å²) in [7, 11) is 0. The molecule has 29 heavy (non-hydrogen) atoms. The van der Waals surface area contributed by atoms with E-state index in [9.17, 15) is 4.79 Å². The smallest absolute Gasteiger partial charge is 0.334 e. The third-order valence-corrected chi connectivity index (χ3v) is 13.3. The predicted molar refractivity (Wildman–Crippen MR) is 127 cm³/mol. The minimum absolute atomic E-state index is 0. The maximum absolute atomic E-state index is 13.7. The Labute approximate surface area is 196 Å². The second-order valence-electron chi connectivity index (χ2n) is 10.9. The minimum atomic E-state index is -2.21. The first-order valence-electron chi connectivity index (χ1n) is 11.5. The molecule has 0 aliphatic carbocycles. The van der Waals surface area contributed by atoms with Crippen LogP contribution in [0.3, 0.4) is 0 Å². The summed E-state index contributed by atoms with van der Waals surface area (Å²) in [5, 5.41) is 3.87. The summed E-state index contributed by atoms with van der Waals surface area (Å²) in [4.78, 5) is 15.8. The fraction of sp³-hybridized carbons (Fsp3) is 0.720. The van der Waals surface area contributed by atoms with Crippen LogP contribution in [0.2, 0.25) is 15.8 Å². The summed E-state index contributed by atoms with van der Waals surface area (Å²) < 4.78 is 1.43. The van der Waals surface area contributed by atoms with Gasteiger partial charge in [0.25, 0.3) is 0 Å². The zero-order chi connectivity index (χ0) is 21.6. The van der Waals surface area contributed by atoms with Gasteiger partial charge < -0.3 is 4.90 Å². The predicted octanol–water partition coefficient (Wildman–Crippen LogP) is 3.57. The van der Waals surface area contributed by atoms with Gasteiger partial charge >= 0.3 is 18.9 Å². The average molecular weight is 410 g/mol. The van der Waals surface area contributed by atoms with Gasteiger partial charge in [-0.1, -0.05) is 77.5 Å².